The van der Waals surface area contributed by atoms with Crippen molar-refractivity contribution in [2.45, 2.75) is 26.4 Å². The number of nitrogens with zero attached hydrogens (tertiary/aromatic N) is 3. The summed E-state index contributed by atoms with van der Waals surface area (Å²) in [6.07, 6.45) is 4.90. The number of nitrogens with one attached hydrogen (secondary N) is 1. The van der Waals surface area contributed by atoms with Crippen molar-refractivity contribution >= 4 is 11.3 Å². The van der Waals surface area contributed by atoms with Crippen LogP contribution in [0.1, 0.15) is 17.0 Å². The van der Waals surface area contributed by atoms with E-state index in [1.807, 2.05) is 28.7 Å². The summed E-state index contributed by atoms with van der Waals surface area (Å²) in [7, 11) is 0. The van der Waals surface area contributed by atoms with Crippen LogP contribution < -0.4 is 5.32 Å². The molecule has 0 bridgehead atoms. The Labute approximate surface area is 99.3 Å². The first kappa shape index (κ1) is 11.3. The van der Waals surface area contributed by atoms with Crippen LogP contribution in [0.25, 0.3) is 0 Å². The summed E-state index contributed by atoms with van der Waals surface area (Å²) in [6, 6.07) is 1.95. The maximum atomic E-state index is 4.22. The standard InChI is InChI=1S/C11H16N4S/c1-10-11(16-9-13-10)8-12-4-2-6-15-7-3-5-14-15/h3,5,7,9,12H,2,4,6,8H2,1H3. The Bertz CT molecular complexity index is 407. The van der Waals surface area contributed by atoms with Crippen molar-refractivity contribution in [3.8, 4) is 0 Å². The summed E-state index contributed by atoms with van der Waals surface area (Å²) < 4.78 is 1.96. The number of aryl methyl sites for hydroxylation is 2. The molecule has 1 N–H and O–H groups in total. The quantitative estimate of drug-likeness (QED) is 0.778. The van der Waals surface area contributed by atoms with Gasteiger partial charge in [-0.05, 0) is 26.0 Å². The van der Waals surface area contributed by atoms with Crippen LogP contribution in [-0.2, 0) is 13.1 Å². The molecule has 2 rings (SSSR count). The van der Waals surface area contributed by atoms with Gasteiger partial charge in [0.05, 0.1) is 11.2 Å². The first-order chi connectivity index (χ1) is 7.86. The molecule has 0 radical (unpaired) electrons. The molecule has 0 unspecified atom stereocenters. The number of rotatable bonds is 6. The van der Waals surface area contributed by atoms with Crippen molar-refractivity contribution in [2.75, 3.05) is 6.54 Å². The fraction of sp³-hybridized carbons (Fsp3) is 0.455. The molecule has 0 aliphatic heterocycles. The number of hydrogen-bond donors (Lipinski definition) is 1. The van der Waals surface area contributed by atoms with Gasteiger partial charge in [-0.15, -0.1) is 11.3 Å². The average molecular weight is 236 g/mol. The molecule has 86 valence electrons. The van der Waals surface area contributed by atoms with E-state index < -0.39 is 0 Å². The SMILES string of the molecule is Cc1ncsc1CNCCCn1cccn1. The van der Waals surface area contributed by atoms with Gasteiger partial charge in [0.15, 0.2) is 0 Å². The first-order valence-corrected chi connectivity index (χ1v) is 6.31. The van der Waals surface area contributed by atoms with Gasteiger partial charge < -0.3 is 5.32 Å². The van der Waals surface area contributed by atoms with E-state index >= 15 is 0 Å². The molecule has 4 nitrogen and oxygen atoms in total. The minimum absolute atomic E-state index is 0.926. The lowest BCUT2D eigenvalue weighted by molar-refractivity contribution is 0.544. The average Bonchev–Trinajstić information content (AvgIpc) is 2.90. The third-order valence-corrected chi connectivity index (χ3v) is 3.37. The number of thiazole rings is 1. The number of hydrogen-bond acceptors (Lipinski definition) is 4. The van der Waals surface area contributed by atoms with E-state index in [1.165, 1.54) is 4.88 Å². The topological polar surface area (TPSA) is 42.7 Å². The summed E-state index contributed by atoms with van der Waals surface area (Å²) in [5, 5.41) is 7.58. The van der Waals surface area contributed by atoms with Gasteiger partial charge in [-0.3, -0.25) is 4.68 Å². The minimum atomic E-state index is 0.926. The molecule has 16 heavy (non-hydrogen) atoms. The van der Waals surface area contributed by atoms with Gasteiger partial charge in [0, 0.05) is 30.4 Å². The second kappa shape index (κ2) is 5.77. The fourth-order valence-electron chi connectivity index (χ4n) is 1.50. The maximum Gasteiger partial charge on any atom is 0.0798 e. The molecular weight excluding hydrogens is 220 g/mol. The Morgan fingerprint density at radius 2 is 2.44 bits per heavy atom. The van der Waals surface area contributed by atoms with Gasteiger partial charge in [0.1, 0.15) is 0 Å². The third-order valence-electron chi connectivity index (χ3n) is 2.43. The van der Waals surface area contributed by atoms with Gasteiger partial charge in [-0.1, -0.05) is 0 Å². The van der Waals surface area contributed by atoms with Crippen molar-refractivity contribution in [2.24, 2.45) is 0 Å². The van der Waals surface area contributed by atoms with E-state index in [1.54, 1.807) is 11.3 Å². The zero-order chi connectivity index (χ0) is 11.2. The largest absolute Gasteiger partial charge is 0.312 e. The Kier molecular flexibility index (Phi) is 4.07. The van der Waals surface area contributed by atoms with Crippen LogP contribution in [0, 0.1) is 6.92 Å². The van der Waals surface area contributed by atoms with E-state index in [0.717, 1.165) is 31.7 Å². The lowest BCUT2D eigenvalue weighted by Crippen LogP contribution is -2.16. The zero-order valence-corrected chi connectivity index (χ0v) is 10.2. The van der Waals surface area contributed by atoms with Gasteiger partial charge in [-0.2, -0.15) is 5.10 Å². The molecule has 0 amide bonds. The maximum absolute atomic E-state index is 4.22. The van der Waals surface area contributed by atoms with E-state index in [9.17, 15) is 0 Å². The highest BCUT2D eigenvalue weighted by Crippen LogP contribution is 2.10. The third kappa shape index (κ3) is 3.15. The zero-order valence-electron chi connectivity index (χ0n) is 9.39. The van der Waals surface area contributed by atoms with Crippen molar-refractivity contribution < 1.29 is 0 Å². The molecule has 0 fully saturated rings. The normalized spacial score (nSPS) is 10.8. The van der Waals surface area contributed by atoms with Crippen molar-refractivity contribution in [1.82, 2.24) is 20.1 Å². The van der Waals surface area contributed by atoms with Crippen molar-refractivity contribution in [3.63, 3.8) is 0 Å². The predicted octanol–water partition coefficient (Wildman–Crippen LogP) is 1.83. The van der Waals surface area contributed by atoms with E-state index in [4.69, 9.17) is 0 Å². The molecule has 0 aliphatic carbocycles. The summed E-state index contributed by atoms with van der Waals surface area (Å²) in [5.41, 5.74) is 3.04. The van der Waals surface area contributed by atoms with Gasteiger partial charge in [0.25, 0.3) is 0 Å². The second-order valence-corrected chi connectivity index (χ2v) is 4.60. The lowest BCUT2D eigenvalue weighted by Gasteiger charge is -2.04. The highest BCUT2D eigenvalue weighted by atomic mass is 32.1. The Hall–Kier alpha value is -1.20. The summed E-state index contributed by atoms with van der Waals surface area (Å²) >= 11 is 1.71. The molecular formula is C11H16N4S. The highest BCUT2D eigenvalue weighted by Gasteiger charge is 1.99. The van der Waals surface area contributed by atoms with E-state index in [0.29, 0.717) is 0 Å². The van der Waals surface area contributed by atoms with Crippen LogP contribution >= 0.6 is 11.3 Å². The van der Waals surface area contributed by atoms with Gasteiger partial charge in [-0.25, -0.2) is 4.98 Å². The molecule has 2 heterocycles. The van der Waals surface area contributed by atoms with E-state index in [-0.39, 0.29) is 0 Å². The predicted molar refractivity (Wildman–Crippen MR) is 65.4 cm³/mol. The summed E-state index contributed by atoms with van der Waals surface area (Å²) in [5.74, 6) is 0. The molecule has 0 saturated heterocycles. The lowest BCUT2D eigenvalue weighted by atomic mass is 10.3. The second-order valence-electron chi connectivity index (χ2n) is 3.66. The van der Waals surface area contributed by atoms with E-state index in [2.05, 4.69) is 22.3 Å². The van der Waals surface area contributed by atoms with Crippen LogP contribution in [0.2, 0.25) is 0 Å². The van der Waals surface area contributed by atoms with Gasteiger partial charge >= 0.3 is 0 Å². The van der Waals surface area contributed by atoms with Crippen molar-refractivity contribution in [3.05, 3.63) is 34.5 Å². The van der Waals surface area contributed by atoms with Crippen LogP contribution in [0.5, 0.6) is 0 Å². The molecule has 0 spiro atoms. The Morgan fingerprint density at radius 3 is 3.12 bits per heavy atom. The highest BCUT2D eigenvalue weighted by molar-refractivity contribution is 7.09. The smallest absolute Gasteiger partial charge is 0.0798 e. The van der Waals surface area contributed by atoms with Crippen LogP contribution in [-0.4, -0.2) is 21.3 Å². The Balaban J connectivity index is 1.61. The Morgan fingerprint density at radius 1 is 1.50 bits per heavy atom. The van der Waals surface area contributed by atoms with Crippen LogP contribution in [0.3, 0.4) is 0 Å². The summed E-state index contributed by atoms with van der Waals surface area (Å²) in [6.45, 7) is 4.96. The first-order valence-electron chi connectivity index (χ1n) is 5.43. The van der Waals surface area contributed by atoms with Crippen molar-refractivity contribution in [1.29, 1.82) is 0 Å². The van der Waals surface area contributed by atoms with Crippen LogP contribution in [0.4, 0.5) is 0 Å². The summed E-state index contributed by atoms with van der Waals surface area (Å²) in [4.78, 5) is 5.55. The van der Waals surface area contributed by atoms with Gasteiger partial charge in [0.2, 0.25) is 0 Å². The molecule has 2 aromatic heterocycles. The molecule has 2 aromatic rings. The monoisotopic (exact) mass is 236 g/mol. The number of aromatic nitrogens is 3. The fourth-order valence-corrected chi connectivity index (χ4v) is 2.24. The van der Waals surface area contributed by atoms with Crippen LogP contribution in [0.15, 0.2) is 24.0 Å². The molecule has 0 aliphatic rings. The molecule has 0 atom stereocenters. The molecule has 5 heteroatoms. The minimum Gasteiger partial charge on any atom is -0.312 e. The molecule has 0 aromatic carbocycles. The molecule has 0 saturated carbocycles.